The molecule has 1 fully saturated rings. The van der Waals surface area contributed by atoms with Crippen LogP contribution in [0.15, 0.2) is 18.3 Å². The Morgan fingerprint density at radius 3 is 2.95 bits per heavy atom. The van der Waals surface area contributed by atoms with Crippen LogP contribution < -0.4 is 5.32 Å². The molecule has 1 aromatic heterocycles. The number of aromatic nitrogens is 1. The lowest BCUT2D eigenvalue weighted by Crippen LogP contribution is -2.37. The van der Waals surface area contributed by atoms with E-state index in [0.29, 0.717) is 12.3 Å². The zero-order chi connectivity index (χ0) is 14.4. The molecule has 0 aliphatic carbocycles. The number of hydrogen-bond donors (Lipinski definition) is 1. The molecule has 1 aliphatic heterocycles. The van der Waals surface area contributed by atoms with E-state index < -0.39 is 0 Å². The number of nitrogens with zero attached hydrogens (tertiary/aromatic N) is 2. The summed E-state index contributed by atoms with van der Waals surface area (Å²) in [7, 11) is 2.07. The highest BCUT2D eigenvalue weighted by Gasteiger charge is 2.27. The van der Waals surface area contributed by atoms with Crippen LogP contribution in [0.5, 0.6) is 0 Å². The Morgan fingerprint density at radius 2 is 2.25 bits per heavy atom. The molecule has 1 unspecified atom stereocenters. The number of nitrogens with one attached hydrogen (secondary N) is 1. The molecule has 1 atom stereocenters. The molecule has 1 amide bonds. The number of rotatable bonds is 5. The van der Waals surface area contributed by atoms with Crippen molar-refractivity contribution in [3.8, 4) is 0 Å². The second-order valence-corrected chi connectivity index (χ2v) is 5.60. The van der Waals surface area contributed by atoms with Gasteiger partial charge in [0.05, 0.1) is 6.04 Å². The molecular weight excluding hydrogens is 250 g/mol. The molecule has 4 heteroatoms. The van der Waals surface area contributed by atoms with Crippen molar-refractivity contribution in [3.05, 3.63) is 24.0 Å². The Kier molecular flexibility index (Phi) is 5.65. The molecule has 0 saturated carbocycles. The number of amides is 1. The second kappa shape index (κ2) is 7.48. The minimum Gasteiger partial charge on any atom is -0.353 e. The number of hydrogen-bond acceptors (Lipinski definition) is 2. The second-order valence-electron chi connectivity index (χ2n) is 5.60. The highest BCUT2D eigenvalue weighted by molar-refractivity contribution is 5.77. The number of carbonyl (C=O) groups excluding carboxylic acids is 1. The van der Waals surface area contributed by atoms with Crippen molar-refractivity contribution in [1.82, 2.24) is 14.8 Å². The lowest BCUT2D eigenvalue weighted by molar-refractivity contribution is -0.133. The first-order valence-electron chi connectivity index (χ1n) is 7.85. The monoisotopic (exact) mass is 277 g/mol. The summed E-state index contributed by atoms with van der Waals surface area (Å²) < 4.78 is 2.15. The first-order chi connectivity index (χ1) is 9.74. The summed E-state index contributed by atoms with van der Waals surface area (Å²) >= 11 is 0. The van der Waals surface area contributed by atoms with Crippen LogP contribution in [0.4, 0.5) is 0 Å². The molecule has 1 N–H and O–H groups in total. The summed E-state index contributed by atoms with van der Waals surface area (Å²) in [6.07, 6.45) is 7.35. The van der Waals surface area contributed by atoms with Crippen LogP contribution in [-0.2, 0) is 11.8 Å². The standard InChI is InChI=1S/C16H27N3O/c1-3-17-11-10-16(20)19-13-6-4-5-8-15(19)14-9-7-12-18(14)2/h7,9,12,15,17H,3-6,8,10-11,13H2,1-2H3. The minimum absolute atomic E-state index is 0.256. The topological polar surface area (TPSA) is 37.3 Å². The third-order valence-corrected chi connectivity index (χ3v) is 4.16. The molecule has 1 aliphatic rings. The summed E-state index contributed by atoms with van der Waals surface area (Å²) in [5.41, 5.74) is 1.27. The van der Waals surface area contributed by atoms with E-state index in [2.05, 4.69) is 47.1 Å². The van der Waals surface area contributed by atoms with E-state index in [4.69, 9.17) is 0 Å². The van der Waals surface area contributed by atoms with Crippen LogP contribution in [0, 0.1) is 0 Å². The fourth-order valence-corrected chi connectivity index (χ4v) is 3.05. The van der Waals surface area contributed by atoms with Crippen LogP contribution in [-0.4, -0.2) is 35.0 Å². The molecule has 2 heterocycles. The average Bonchev–Trinajstić information content (AvgIpc) is 2.73. The van der Waals surface area contributed by atoms with Gasteiger partial charge in [0, 0.05) is 38.4 Å². The summed E-state index contributed by atoms with van der Waals surface area (Å²) in [5.74, 6) is 0.291. The van der Waals surface area contributed by atoms with Crippen LogP contribution in [0.1, 0.15) is 50.8 Å². The Bertz CT molecular complexity index is 427. The van der Waals surface area contributed by atoms with Gasteiger partial charge in [0.25, 0.3) is 0 Å². The molecule has 1 aromatic rings. The van der Waals surface area contributed by atoms with E-state index in [1.165, 1.54) is 18.5 Å². The maximum Gasteiger partial charge on any atom is 0.224 e. The van der Waals surface area contributed by atoms with Gasteiger partial charge >= 0.3 is 0 Å². The summed E-state index contributed by atoms with van der Waals surface area (Å²) in [5, 5.41) is 3.24. The van der Waals surface area contributed by atoms with Gasteiger partial charge < -0.3 is 14.8 Å². The predicted molar refractivity (Wildman–Crippen MR) is 81.5 cm³/mol. The van der Waals surface area contributed by atoms with Crippen molar-refractivity contribution < 1.29 is 4.79 Å². The third-order valence-electron chi connectivity index (χ3n) is 4.16. The molecule has 4 nitrogen and oxygen atoms in total. The van der Waals surface area contributed by atoms with E-state index in [1.807, 2.05) is 0 Å². The molecule has 0 radical (unpaired) electrons. The minimum atomic E-state index is 0.256. The highest BCUT2D eigenvalue weighted by atomic mass is 16.2. The molecule has 0 aromatic carbocycles. The van der Waals surface area contributed by atoms with Crippen LogP contribution in [0.2, 0.25) is 0 Å². The van der Waals surface area contributed by atoms with Crippen molar-refractivity contribution in [3.63, 3.8) is 0 Å². The maximum absolute atomic E-state index is 12.5. The van der Waals surface area contributed by atoms with E-state index in [1.54, 1.807) is 0 Å². The number of aryl methyl sites for hydroxylation is 1. The Labute approximate surface area is 122 Å². The molecule has 1 saturated heterocycles. The quantitative estimate of drug-likeness (QED) is 0.840. The van der Waals surface area contributed by atoms with Gasteiger partial charge in [0.2, 0.25) is 5.91 Å². The van der Waals surface area contributed by atoms with E-state index in [0.717, 1.165) is 32.5 Å². The smallest absolute Gasteiger partial charge is 0.224 e. The molecule has 112 valence electrons. The number of carbonyl (C=O) groups is 1. The Balaban J connectivity index is 2.09. The Morgan fingerprint density at radius 1 is 1.40 bits per heavy atom. The van der Waals surface area contributed by atoms with Gasteiger partial charge in [-0.25, -0.2) is 0 Å². The van der Waals surface area contributed by atoms with E-state index in [-0.39, 0.29) is 6.04 Å². The summed E-state index contributed by atoms with van der Waals surface area (Å²) in [4.78, 5) is 14.6. The van der Waals surface area contributed by atoms with Crippen molar-refractivity contribution in [2.45, 2.75) is 45.1 Å². The van der Waals surface area contributed by atoms with Crippen molar-refractivity contribution in [1.29, 1.82) is 0 Å². The van der Waals surface area contributed by atoms with Crippen LogP contribution >= 0.6 is 0 Å². The third kappa shape index (κ3) is 3.63. The van der Waals surface area contributed by atoms with Crippen LogP contribution in [0.3, 0.4) is 0 Å². The van der Waals surface area contributed by atoms with E-state index in [9.17, 15) is 4.79 Å². The first-order valence-corrected chi connectivity index (χ1v) is 7.85. The van der Waals surface area contributed by atoms with Crippen LogP contribution in [0.25, 0.3) is 0 Å². The number of likely N-dealkylation sites (tertiary alicyclic amines) is 1. The van der Waals surface area contributed by atoms with Gasteiger partial charge in [0.15, 0.2) is 0 Å². The molecule has 0 spiro atoms. The van der Waals surface area contributed by atoms with Crippen molar-refractivity contribution in [2.75, 3.05) is 19.6 Å². The summed E-state index contributed by atoms with van der Waals surface area (Å²) in [6, 6.07) is 4.48. The lowest BCUT2D eigenvalue weighted by atomic mass is 10.1. The van der Waals surface area contributed by atoms with Gasteiger partial charge in [0.1, 0.15) is 0 Å². The Hall–Kier alpha value is -1.29. The predicted octanol–water partition coefficient (Wildman–Crippen LogP) is 2.47. The highest BCUT2D eigenvalue weighted by Crippen LogP contribution is 2.30. The van der Waals surface area contributed by atoms with E-state index >= 15 is 0 Å². The SMILES string of the molecule is CCNCCC(=O)N1CCCCCC1c1cccn1C. The molecular formula is C16H27N3O. The largest absolute Gasteiger partial charge is 0.353 e. The van der Waals surface area contributed by atoms with Gasteiger partial charge in [-0.1, -0.05) is 19.8 Å². The van der Waals surface area contributed by atoms with Gasteiger partial charge in [-0.3, -0.25) is 4.79 Å². The van der Waals surface area contributed by atoms with Crippen molar-refractivity contribution in [2.24, 2.45) is 7.05 Å². The molecule has 0 bridgehead atoms. The maximum atomic E-state index is 12.5. The van der Waals surface area contributed by atoms with Crippen molar-refractivity contribution >= 4 is 5.91 Å². The summed E-state index contributed by atoms with van der Waals surface area (Å²) in [6.45, 7) is 4.68. The molecule has 2 rings (SSSR count). The molecule has 20 heavy (non-hydrogen) atoms. The first kappa shape index (κ1) is 15.1. The average molecular weight is 277 g/mol. The van der Waals surface area contributed by atoms with Gasteiger partial charge in [-0.05, 0) is 31.5 Å². The zero-order valence-electron chi connectivity index (χ0n) is 12.8. The fourth-order valence-electron chi connectivity index (χ4n) is 3.05. The van der Waals surface area contributed by atoms with Gasteiger partial charge in [-0.2, -0.15) is 0 Å². The lowest BCUT2D eigenvalue weighted by Gasteiger charge is -2.30. The zero-order valence-corrected chi connectivity index (χ0v) is 12.8. The van der Waals surface area contributed by atoms with Gasteiger partial charge in [-0.15, -0.1) is 0 Å². The fraction of sp³-hybridized carbons (Fsp3) is 0.688. The normalized spacial score (nSPS) is 19.9.